The summed E-state index contributed by atoms with van der Waals surface area (Å²) in [7, 11) is 0. The number of halogens is 1. The lowest BCUT2D eigenvalue weighted by Gasteiger charge is -2.08. The van der Waals surface area contributed by atoms with E-state index in [2.05, 4.69) is 21.2 Å². The van der Waals surface area contributed by atoms with Gasteiger partial charge in [0.15, 0.2) is 4.67 Å². The molecule has 0 bridgehead atoms. The maximum absolute atomic E-state index is 11.5. The third-order valence-electron chi connectivity index (χ3n) is 2.69. The van der Waals surface area contributed by atoms with E-state index in [4.69, 9.17) is 4.42 Å². The van der Waals surface area contributed by atoms with Gasteiger partial charge in [-0.1, -0.05) is 12.8 Å². The summed E-state index contributed by atoms with van der Waals surface area (Å²) in [5, 5.41) is 2.98. The molecule has 0 radical (unpaired) electrons. The van der Waals surface area contributed by atoms with Crippen LogP contribution >= 0.6 is 15.9 Å². The summed E-state index contributed by atoms with van der Waals surface area (Å²) < 4.78 is 5.92. The van der Waals surface area contributed by atoms with Gasteiger partial charge in [-0.2, -0.15) is 0 Å². The lowest BCUT2D eigenvalue weighted by molar-refractivity contribution is -0.117. The predicted molar refractivity (Wildman–Crippen MR) is 65.8 cm³/mol. The van der Waals surface area contributed by atoms with Crippen molar-refractivity contribution in [1.29, 1.82) is 0 Å². The molecule has 86 valence electrons. The average molecular weight is 284 g/mol. The van der Waals surface area contributed by atoms with Crippen LogP contribution in [0.5, 0.6) is 0 Å². The van der Waals surface area contributed by atoms with Gasteiger partial charge in [-0.3, -0.25) is 4.79 Å². The third kappa shape index (κ3) is 3.23. The normalized spacial score (nSPS) is 17.1. The van der Waals surface area contributed by atoms with Gasteiger partial charge in [0.1, 0.15) is 5.76 Å². The van der Waals surface area contributed by atoms with Gasteiger partial charge < -0.3 is 9.73 Å². The van der Waals surface area contributed by atoms with E-state index in [9.17, 15) is 4.79 Å². The molecule has 1 aromatic rings. The van der Waals surface area contributed by atoms with E-state index in [1.165, 1.54) is 18.9 Å². The summed E-state index contributed by atoms with van der Waals surface area (Å²) in [6, 6.07) is 3.97. The van der Waals surface area contributed by atoms with Crippen molar-refractivity contribution in [1.82, 2.24) is 5.32 Å². The Morgan fingerprint density at radius 3 is 2.81 bits per heavy atom. The molecule has 1 N–H and O–H groups in total. The molecule has 1 fully saturated rings. The molecule has 3 nitrogen and oxygen atoms in total. The number of hydrogen-bond donors (Lipinski definition) is 1. The Bertz CT molecular complexity index is 391. The Morgan fingerprint density at radius 1 is 1.44 bits per heavy atom. The summed E-state index contributed by atoms with van der Waals surface area (Å²) in [5.74, 6) is 0.632. The second kappa shape index (κ2) is 5.34. The molecule has 1 saturated carbocycles. The minimum Gasteiger partial charge on any atom is -0.450 e. The van der Waals surface area contributed by atoms with Crippen molar-refractivity contribution in [2.24, 2.45) is 0 Å². The van der Waals surface area contributed by atoms with E-state index < -0.39 is 0 Å². The molecule has 0 spiro atoms. The van der Waals surface area contributed by atoms with Gasteiger partial charge in [-0.15, -0.1) is 0 Å². The molecule has 1 aliphatic carbocycles. The zero-order valence-electron chi connectivity index (χ0n) is 8.91. The van der Waals surface area contributed by atoms with Crippen molar-refractivity contribution in [3.8, 4) is 0 Å². The smallest absolute Gasteiger partial charge is 0.244 e. The van der Waals surface area contributed by atoms with Gasteiger partial charge in [0, 0.05) is 12.1 Å². The predicted octanol–water partition coefficient (Wildman–Crippen LogP) is 3.11. The van der Waals surface area contributed by atoms with Crippen LogP contribution < -0.4 is 5.32 Å². The van der Waals surface area contributed by atoms with E-state index in [1.807, 2.05) is 6.07 Å². The van der Waals surface area contributed by atoms with E-state index in [0.29, 0.717) is 16.5 Å². The van der Waals surface area contributed by atoms with Gasteiger partial charge in [0.2, 0.25) is 5.91 Å². The second-order valence-electron chi connectivity index (χ2n) is 3.97. The maximum Gasteiger partial charge on any atom is 0.244 e. The second-order valence-corrected chi connectivity index (χ2v) is 4.75. The molecule has 1 aromatic heterocycles. The van der Waals surface area contributed by atoms with Crippen molar-refractivity contribution in [3.05, 3.63) is 28.6 Å². The molecule has 1 heterocycles. The number of rotatable bonds is 3. The summed E-state index contributed by atoms with van der Waals surface area (Å²) in [6.07, 6.45) is 7.84. The van der Waals surface area contributed by atoms with Gasteiger partial charge in [0.25, 0.3) is 0 Å². The number of furan rings is 1. The Labute approximate surface area is 103 Å². The highest BCUT2D eigenvalue weighted by atomic mass is 79.9. The Morgan fingerprint density at radius 2 is 2.19 bits per heavy atom. The van der Waals surface area contributed by atoms with Crippen molar-refractivity contribution < 1.29 is 9.21 Å². The number of amides is 1. The van der Waals surface area contributed by atoms with Gasteiger partial charge in [-0.25, -0.2) is 0 Å². The van der Waals surface area contributed by atoms with Gasteiger partial charge in [0.05, 0.1) is 0 Å². The number of carbonyl (C=O) groups excluding carboxylic acids is 1. The average Bonchev–Trinajstić information content (AvgIpc) is 2.87. The van der Waals surface area contributed by atoms with Crippen molar-refractivity contribution in [3.63, 3.8) is 0 Å². The summed E-state index contributed by atoms with van der Waals surface area (Å²) in [6.45, 7) is 0. The monoisotopic (exact) mass is 283 g/mol. The topological polar surface area (TPSA) is 42.2 Å². The van der Waals surface area contributed by atoms with Crippen LogP contribution in [0.25, 0.3) is 6.08 Å². The van der Waals surface area contributed by atoms with Gasteiger partial charge in [-0.05, 0) is 47.0 Å². The van der Waals surface area contributed by atoms with Crippen molar-refractivity contribution in [2.45, 2.75) is 31.7 Å². The Hall–Kier alpha value is -1.03. The van der Waals surface area contributed by atoms with E-state index in [-0.39, 0.29) is 5.91 Å². The lowest BCUT2D eigenvalue weighted by atomic mass is 10.2. The maximum atomic E-state index is 11.5. The molecular weight excluding hydrogens is 270 g/mol. The fraction of sp³-hybridized carbons (Fsp3) is 0.417. The first-order chi connectivity index (χ1) is 7.74. The van der Waals surface area contributed by atoms with Gasteiger partial charge >= 0.3 is 0 Å². The summed E-state index contributed by atoms with van der Waals surface area (Å²) in [5.41, 5.74) is 0. The summed E-state index contributed by atoms with van der Waals surface area (Å²) in [4.78, 5) is 11.5. The minimum atomic E-state index is -0.0422. The van der Waals surface area contributed by atoms with E-state index >= 15 is 0 Å². The zero-order valence-corrected chi connectivity index (χ0v) is 10.5. The number of nitrogens with one attached hydrogen (secondary N) is 1. The molecule has 2 rings (SSSR count). The molecule has 0 aromatic carbocycles. The van der Waals surface area contributed by atoms with Crippen LogP contribution in [0.2, 0.25) is 0 Å². The molecule has 4 heteroatoms. The fourth-order valence-corrected chi connectivity index (χ4v) is 2.21. The molecule has 16 heavy (non-hydrogen) atoms. The first-order valence-electron chi connectivity index (χ1n) is 5.48. The molecule has 0 atom stereocenters. The SMILES string of the molecule is O=C(C=Cc1ccc(Br)o1)NC1CCCC1. The Balaban J connectivity index is 1.84. The van der Waals surface area contributed by atoms with Crippen LogP contribution in [0, 0.1) is 0 Å². The van der Waals surface area contributed by atoms with Crippen LogP contribution in [0.15, 0.2) is 27.3 Å². The minimum absolute atomic E-state index is 0.0422. The van der Waals surface area contributed by atoms with E-state index in [0.717, 1.165) is 12.8 Å². The van der Waals surface area contributed by atoms with E-state index in [1.54, 1.807) is 12.1 Å². The first-order valence-corrected chi connectivity index (χ1v) is 6.27. The molecular formula is C12H14BrNO2. The van der Waals surface area contributed by atoms with Crippen molar-refractivity contribution in [2.75, 3.05) is 0 Å². The standard InChI is InChI=1S/C12H14BrNO2/c13-11-7-5-10(16-11)6-8-12(15)14-9-3-1-2-4-9/h5-9H,1-4H2,(H,14,15). The lowest BCUT2D eigenvalue weighted by Crippen LogP contribution is -2.30. The van der Waals surface area contributed by atoms with Crippen LogP contribution in [0.4, 0.5) is 0 Å². The van der Waals surface area contributed by atoms with Crippen molar-refractivity contribution >= 4 is 27.9 Å². The van der Waals surface area contributed by atoms with Crippen LogP contribution in [-0.4, -0.2) is 11.9 Å². The zero-order chi connectivity index (χ0) is 11.4. The Kier molecular flexibility index (Phi) is 3.83. The largest absolute Gasteiger partial charge is 0.450 e. The van der Waals surface area contributed by atoms with Crippen LogP contribution in [0.1, 0.15) is 31.4 Å². The molecule has 0 aliphatic heterocycles. The third-order valence-corrected chi connectivity index (χ3v) is 3.12. The molecule has 0 saturated heterocycles. The van der Waals surface area contributed by atoms with Crippen LogP contribution in [-0.2, 0) is 4.79 Å². The molecule has 1 amide bonds. The quantitative estimate of drug-likeness (QED) is 0.866. The number of hydrogen-bond acceptors (Lipinski definition) is 2. The summed E-state index contributed by atoms with van der Waals surface area (Å²) >= 11 is 3.21. The molecule has 1 aliphatic rings. The highest BCUT2D eigenvalue weighted by Crippen LogP contribution is 2.18. The molecule has 0 unspecified atom stereocenters. The first kappa shape index (κ1) is 11.5. The number of carbonyl (C=O) groups is 1. The highest BCUT2D eigenvalue weighted by Gasteiger charge is 2.15. The fourth-order valence-electron chi connectivity index (χ4n) is 1.90. The van der Waals surface area contributed by atoms with Crippen LogP contribution in [0.3, 0.4) is 0 Å². The highest BCUT2D eigenvalue weighted by molar-refractivity contribution is 9.10.